The van der Waals surface area contributed by atoms with Crippen LogP contribution in [0.2, 0.25) is 0 Å². The summed E-state index contributed by atoms with van der Waals surface area (Å²) in [7, 11) is 0. The quantitative estimate of drug-likeness (QED) is 0.0752. The number of rotatable bonds is 10. The van der Waals surface area contributed by atoms with Crippen molar-refractivity contribution in [3.05, 3.63) is 0 Å². The molecular weight excluding hydrogens is 652 g/mol. The Morgan fingerprint density at radius 1 is 0.562 bits per heavy atom. The maximum Gasteiger partial charge on any atom is 0.245 e. The van der Waals surface area contributed by atoms with E-state index in [9.17, 15) is 43.5 Å². The van der Waals surface area contributed by atoms with Crippen molar-refractivity contribution in [2.45, 2.75) is 88.6 Å². The fourth-order valence-corrected chi connectivity index (χ4v) is 4.60. The summed E-state index contributed by atoms with van der Waals surface area (Å²) in [5, 5.41) is 29.1. The first-order valence-electron chi connectivity index (χ1n) is 15.7. The van der Waals surface area contributed by atoms with Gasteiger partial charge in [-0.15, -0.1) is 0 Å². The Hall–Kier alpha value is -4.01. The van der Waals surface area contributed by atoms with Gasteiger partial charge >= 0.3 is 0 Å². The van der Waals surface area contributed by atoms with Gasteiger partial charge < -0.3 is 59.1 Å². The van der Waals surface area contributed by atoms with Gasteiger partial charge in [0.2, 0.25) is 47.3 Å². The lowest BCUT2D eigenvalue weighted by atomic mass is 10.1. The Labute approximate surface area is 284 Å². The van der Waals surface area contributed by atoms with Crippen LogP contribution < -0.4 is 54.0 Å². The zero-order valence-corrected chi connectivity index (χ0v) is 28.2. The number of aliphatic hydroxyl groups excluding tert-OH is 1. The van der Waals surface area contributed by atoms with Crippen LogP contribution in [0.3, 0.4) is 0 Å². The van der Waals surface area contributed by atoms with E-state index in [1.54, 1.807) is 0 Å². The van der Waals surface area contributed by atoms with Crippen LogP contribution in [0.4, 0.5) is 0 Å². The highest BCUT2D eigenvalue weighted by molar-refractivity contribution is 7.80. The molecule has 1 saturated heterocycles. The van der Waals surface area contributed by atoms with Gasteiger partial charge in [-0.1, -0.05) is 0 Å². The van der Waals surface area contributed by atoms with E-state index in [0.29, 0.717) is 38.8 Å². The van der Waals surface area contributed by atoms with Gasteiger partial charge in [0.15, 0.2) is 0 Å². The summed E-state index contributed by atoms with van der Waals surface area (Å²) >= 11 is 4.05. The summed E-state index contributed by atoms with van der Waals surface area (Å²) in [4.78, 5) is 103. The summed E-state index contributed by atoms with van der Waals surface area (Å²) in [6, 6.07) is -7.36. The first-order valence-corrected chi connectivity index (χ1v) is 16.4. The van der Waals surface area contributed by atoms with E-state index >= 15 is 0 Å². The summed E-state index contributed by atoms with van der Waals surface area (Å²) in [5.41, 5.74) is 11.1. The zero-order chi connectivity index (χ0) is 36.2. The van der Waals surface area contributed by atoms with E-state index < -0.39 is 103 Å². The average molecular weight is 703 g/mol. The van der Waals surface area contributed by atoms with Gasteiger partial charge in [-0.3, -0.25) is 38.4 Å². The van der Waals surface area contributed by atoms with Crippen LogP contribution in [0, 0.1) is 0 Å². The molecule has 0 bridgehead atoms. The van der Waals surface area contributed by atoms with Crippen molar-refractivity contribution in [3.63, 3.8) is 0 Å². The van der Waals surface area contributed by atoms with E-state index in [1.165, 1.54) is 13.8 Å². The lowest BCUT2D eigenvalue weighted by molar-refractivity contribution is -0.135. The highest BCUT2D eigenvalue weighted by atomic mass is 32.1. The summed E-state index contributed by atoms with van der Waals surface area (Å²) < 4.78 is 0. The molecule has 1 aliphatic rings. The molecule has 0 radical (unpaired) electrons. The van der Waals surface area contributed by atoms with Crippen molar-refractivity contribution in [2.75, 3.05) is 38.5 Å². The predicted octanol–water partition coefficient (Wildman–Crippen LogP) is -5.64. The number of thiol groups is 1. The molecule has 19 nitrogen and oxygen atoms in total. The van der Waals surface area contributed by atoms with Gasteiger partial charge in [-0.2, -0.15) is 12.6 Å². The molecule has 0 aliphatic carbocycles. The molecule has 6 atom stereocenters. The third-order valence-corrected chi connectivity index (χ3v) is 7.54. The lowest BCUT2D eigenvalue weighted by Gasteiger charge is -2.25. The second-order valence-electron chi connectivity index (χ2n) is 11.2. The maximum absolute atomic E-state index is 13.2. The minimum Gasteiger partial charge on any atom is -0.394 e. The molecular formula is C28H50N10O9S. The topological polar surface area (TPSA) is 305 Å². The largest absolute Gasteiger partial charge is 0.394 e. The smallest absolute Gasteiger partial charge is 0.245 e. The van der Waals surface area contributed by atoms with Crippen LogP contribution >= 0.6 is 12.6 Å². The highest BCUT2D eigenvalue weighted by Gasteiger charge is 2.30. The molecule has 0 aromatic carbocycles. The number of carbonyl (C=O) groups is 8. The number of nitrogens with two attached hydrogens (primary N) is 2. The van der Waals surface area contributed by atoms with Crippen LogP contribution in [-0.4, -0.2) is 127 Å². The van der Waals surface area contributed by atoms with E-state index in [1.807, 2.05) is 0 Å². The van der Waals surface area contributed by atoms with Crippen LogP contribution in [-0.2, 0) is 38.4 Å². The van der Waals surface area contributed by atoms with Gasteiger partial charge in [0.1, 0.15) is 36.3 Å². The standard InChI is InChI=1S/C28H50N10O9S/c1-15-23(42)31-11-21(40)35-17(7-3-5-9-29)26(45)34-16(2)24(43)37-18(8-4-6-10-30)27(46)38-19(13-39)25(44)32-12-22(41)36-20(14-48)28(47)33-15/h15-20,39,48H,3-14,29-30H2,1-2H3,(H,31,42)(H,32,44)(H,33,47)(H,34,45)(H,35,40)(H,36,41)(H,37,43)(H,38,46)/t15-,16-,17-,18-,19-,20-/m0/s1. The summed E-state index contributed by atoms with van der Waals surface area (Å²) in [6.07, 6.45) is 2.19. The molecule has 0 saturated carbocycles. The van der Waals surface area contributed by atoms with Crippen LogP contribution in [0.1, 0.15) is 52.4 Å². The molecule has 13 N–H and O–H groups in total. The number of aliphatic hydroxyl groups is 1. The number of carbonyl (C=O) groups excluding carboxylic acids is 8. The second kappa shape index (κ2) is 22.5. The molecule has 1 fully saturated rings. The third-order valence-electron chi connectivity index (χ3n) is 7.18. The second-order valence-corrected chi connectivity index (χ2v) is 11.6. The predicted molar refractivity (Wildman–Crippen MR) is 176 cm³/mol. The van der Waals surface area contributed by atoms with Crippen molar-refractivity contribution in [2.24, 2.45) is 11.5 Å². The minimum atomic E-state index is -1.51. The van der Waals surface area contributed by atoms with Crippen LogP contribution in [0.25, 0.3) is 0 Å². The van der Waals surface area contributed by atoms with Gasteiger partial charge in [-0.05, 0) is 65.5 Å². The molecule has 20 heteroatoms. The first kappa shape index (κ1) is 42.0. The number of nitrogens with one attached hydrogen (secondary N) is 8. The number of hydrogen-bond donors (Lipinski definition) is 12. The van der Waals surface area contributed by atoms with Crippen LogP contribution in [0.15, 0.2) is 0 Å². The van der Waals surface area contributed by atoms with E-state index in [4.69, 9.17) is 11.5 Å². The Bertz CT molecular complexity index is 1150. The van der Waals surface area contributed by atoms with Crippen molar-refractivity contribution < 1.29 is 43.5 Å². The van der Waals surface area contributed by atoms with Crippen molar-refractivity contribution >= 4 is 59.9 Å². The Morgan fingerprint density at radius 3 is 1.48 bits per heavy atom. The zero-order valence-electron chi connectivity index (χ0n) is 27.3. The van der Waals surface area contributed by atoms with Crippen LogP contribution in [0.5, 0.6) is 0 Å². The van der Waals surface area contributed by atoms with Gasteiger partial charge in [-0.25, -0.2) is 0 Å². The fourth-order valence-electron chi connectivity index (χ4n) is 4.34. The van der Waals surface area contributed by atoms with Gasteiger partial charge in [0, 0.05) is 5.75 Å². The molecule has 272 valence electrons. The maximum atomic E-state index is 13.2. The molecule has 8 amide bonds. The number of unbranched alkanes of at least 4 members (excludes halogenated alkanes) is 2. The summed E-state index contributed by atoms with van der Waals surface area (Å²) in [5.74, 6) is -6.43. The van der Waals surface area contributed by atoms with E-state index in [2.05, 4.69) is 55.2 Å². The molecule has 0 spiro atoms. The fraction of sp³-hybridized carbons (Fsp3) is 0.714. The number of amides is 8. The van der Waals surface area contributed by atoms with Gasteiger partial charge in [0.05, 0.1) is 19.7 Å². The molecule has 1 heterocycles. The van der Waals surface area contributed by atoms with E-state index in [0.717, 1.165) is 0 Å². The number of hydrogen-bond acceptors (Lipinski definition) is 12. The minimum absolute atomic E-state index is 0.104. The van der Waals surface area contributed by atoms with E-state index in [-0.39, 0.29) is 18.6 Å². The Kier molecular flexibility index (Phi) is 19.7. The van der Waals surface area contributed by atoms with Crippen molar-refractivity contribution in [3.8, 4) is 0 Å². The van der Waals surface area contributed by atoms with Crippen molar-refractivity contribution in [1.82, 2.24) is 42.5 Å². The molecule has 48 heavy (non-hydrogen) atoms. The normalized spacial score (nSPS) is 26.4. The third kappa shape index (κ3) is 15.3. The van der Waals surface area contributed by atoms with Gasteiger partial charge in [0.25, 0.3) is 0 Å². The first-order chi connectivity index (χ1) is 22.8. The SMILES string of the molecule is C[C@@H]1NC(=O)[C@H](CS)NC(=O)CNC(=O)[C@H](CO)NC(=O)[C@H](CCCCN)NC(=O)[C@H](C)NC(=O)[C@H](CCCCN)NC(=O)CNC1=O. The Morgan fingerprint density at radius 2 is 0.979 bits per heavy atom. The average Bonchev–Trinajstić information content (AvgIpc) is 3.05. The highest BCUT2D eigenvalue weighted by Crippen LogP contribution is 2.05. The molecule has 0 aromatic heterocycles. The monoisotopic (exact) mass is 702 g/mol. The van der Waals surface area contributed by atoms with Crippen molar-refractivity contribution in [1.29, 1.82) is 0 Å². The lowest BCUT2D eigenvalue weighted by Crippen LogP contribution is -2.59. The Balaban J connectivity index is 3.31. The molecule has 1 rings (SSSR count). The summed E-state index contributed by atoms with van der Waals surface area (Å²) in [6.45, 7) is 1.32. The molecule has 1 aliphatic heterocycles. The molecule has 0 aromatic rings. The molecule has 0 unspecified atom stereocenters.